The lowest BCUT2D eigenvalue weighted by atomic mass is 9.74. The molecule has 1 aliphatic carbocycles. The van der Waals surface area contributed by atoms with Gasteiger partial charge in [0.2, 0.25) is 23.6 Å². The van der Waals surface area contributed by atoms with E-state index in [0.29, 0.717) is 19.4 Å². The molecule has 0 aromatic heterocycles. The fourth-order valence-corrected chi connectivity index (χ4v) is 10.3. The van der Waals surface area contributed by atoms with E-state index in [1.807, 2.05) is 61.2 Å². The lowest BCUT2D eigenvalue weighted by Gasteiger charge is -2.48. The Kier molecular flexibility index (Phi) is 14.9. The van der Waals surface area contributed by atoms with Gasteiger partial charge in [0.15, 0.2) is 0 Å². The normalized spacial score (nSPS) is 26.8. The van der Waals surface area contributed by atoms with Gasteiger partial charge in [-0.05, 0) is 68.9 Å². The number of aliphatic hydroxyl groups is 1. The van der Waals surface area contributed by atoms with E-state index < -0.39 is 29.7 Å². The number of rotatable bonds is 19. The maximum atomic E-state index is 14.8. The third-order valence-electron chi connectivity index (χ3n) is 13.1. The van der Waals surface area contributed by atoms with Gasteiger partial charge in [-0.15, -0.1) is 0 Å². The van der Waals surface area contributed by atoms with E-state index in [1.165, 1.54) is 0 Å². The topological polar surface area (TPSA) is 155 Å². The average Bonchev–Trinajstić information content (AvgIpc) is 3.86. The number of benzene rings is 1. The summed E-state index contributed by atoms with van der Waals surface area (Å²) in [6, 6.07) is 8.20. The summed E-state index contributed by atoms with van der Waals surface area (Å²) < 4.78 is 12.1. The number of likely N-dealkylation sites (tertiary alicyclic amines) is 2. The fourth-order valence-electron chi connectivity index (χ4n) is 10.3. The number of carbonyl (C=O) groups excluding carboxylic acids is 4. The van der Waals surface area contributed by atoms with Crippen molar-refractivity contribution in [2.45, 2.75) is 128 Å². The molecule has 11 atom stereocenters. The summed E-state index contributed by atoms with van der Waals surface area (Å²) in [5.74, 6) is -1.41. The van der Waals surface area contributed by atoms with E-state index in [2.05, 4.69) is 37.9 Å². The van der Waals surface area contributed by atoms with Crippen LogP contribution in [0, 0.1) is 29.6 Å². The largest absolute Gasteiger partial charge is 0.394 e. The maximum Gasteiger partial charge on any atom is 0.235 e. The Morgan fingerprint density at radius 3 is 2.30 bits per heavy atom. The zero-order valence-electron chi connectivity index (χ0n) is 33.6. The first-order valence-electron chi connectivity index (χ1n) is 19.8. The van der Waals surface area contributed by atoms with Crippen molar-refractivity contribution < 1.29 is 33.8 Å². The van der Waals surface area contributed by atoms with Crippen LogP contribution in [0.3, 0.4) is 0 Å². The minimum atomic E-state index is -0.580. The van der Waals surface area contributed by atoms with E-state index in [4.69, 9.17) is 15.2 Å². The Hall–Kier alpha value is -3.06. The van der Waals surface area contributed by atoms with Crippen molar-refractivity contribution in [1.82, 2.24) is 20.0 Å². The molecule has 4 rings (SSSR count). The number of nitrogens with one attached hydrogen (secondary N) is 1. The van der Waals surface area contributed by atoms with Crippen molar-refractivity contribution in [3.63, 3.8) is 0 Å². The number of fused-ring (bicyclic) bond motifs is 2. The number of nitrogens with two attached hydrogens (primary N) is 1. The molecule has 4 N–H and O–H groups in total. The van der Waals surface area contributed by atoms with Crippen LogP contribution in [0.15, 0.2) is 30.3 Å². The molecule has 298 valence electrons. The summed E-state index contributed by atoms with van der Waals surface area (Å²) in [5.41, 5.74) is 6.42. The molecule has 4 amide bonds. The van der Waals surface area contributed by atoms with E-state index in [-0.39, 0.29) is 78.5 Å². The van der Waals surface area contributed by atoms with Crippen LogP contribution in [0.1, 0.15) is 85.1 Å². The smallest absolute Gasteiger partial charge is 0.235 e. The number of aliphatic hydroxyl groups excluding tert-OH is 1. The van der Waals surface area contributed by atoms with E-state index >= 15 is 0 Å². The highest BCUT2D eigenvalue weighted by Gasteiger charge is 2.62. The van der Waals surface area contributed by atoms with E-state index in [9.17, 15) is 24.3 Å². The van der Waals surface area contributed by atoms with Crippen LogP contribution in [0.4, 0.5) is 0 Å². The van der Waals surface area contributed by atoms with Crippen LogP contribution in [-0.4, -0.2) is 127 Å². The quantitative estimate of drug-likeness (QED) is 0.195. The minimum Gasteiger partial charge on any atom is -0.394 e. The molecule has 1 saturated carbocycles. The highest BCUT2D eigenvalue weighted by molar-refractivity contribution is 5.84. The summed E-state index contributed by atoms with van der Waals surface area (Å²) in [6.45, 7) is 10.5. The zero-order valence-corrected chi connectivity index (χ0v) is 33.6. The van der Waals surface area contributed by atoms with Crippen LogP contribution < -0.4 is 11.1 Å². The van der Waals surface area contributed by atoms with Gasteiger partial charge in [0.1, 0.15) is 0 Å². The van der Waals surface area contributed by atoms with Gasteiger partial charge in [0.25, 0.3) is 0 Å². The standard InChI is InChI=1S/C41H67N5O7/c1-10-26(4)35(44(6)40(51)34(25(2)3)41-19-18-29(23-41)36(38(42)49)45(41)7)32(52-8)22-33(48)46-20-14-17-31(46)37(53-9)27(5)39(50)43-30(24-47)21-28-15-12-11-13-16-28/h11-13,15-16,25-27,29-32,34-37,47H,10,14,17-24H2,1-9H3,(H2,42,49)(H,43,50)/t26-,27+,29?,30-,31-,32+,34+,35-,36?,37+,41?/m0/s1. The first kappa shape index (κ1) is 42.7. The van der Waals surface area contributed by atoms with Gasteiger partial charge in [0, 0.05) is 33.4 Å². The average molecular weight is 742 g/mol. The molecule has 2 bridgehead atoms. The molecule has 3 aliphatic rings. The highest BCUT2D eigenvalue weighted by atomic mass is 16.5. The lowest BCUT2D eigenvalue weighted by molar-refractivity contribution is -0.153. The zero-order chi connectivity index (χ0) is 39.2. The monoisotopic (exact) mass is 742 g/mol. The molecule has 2 saturated heterocycles. The Morgan fingerprint density at radius 1 is 1.08 bits per heavy atom. The van der Waals surface area contributed by atoms with E-state index in [1.54, 1.807) is 14.2 Å². The molecule has 12 heteroatoms. The number of methoxy groups -OCH3 is 2. The molecular weight excluding hydrogens is 674 g/mol. The molecule has 2 aliphatic heterocycles. The first-order chi connectivity index (χ1) is 25.2. The van der Waals surface area contributed by atoms with Gasteiger partial charge in [-0.3, -0.25) is 24.1 Å². The number of carbonyl (C=O) groups is 4. The molecule has 1 aromatic carbocycles. The lowest BCUT2D eigenvalue weighted by Crippen LogP contribution is -2.61. The number of amides is 4. The van der Waals surface area contributed by atoms with Gasteiger partial charge in [-0.1, -0.05) is 71.4 Å². The van der Waals surface area contributed by atoms with Gasteiger partial charge in [-0.2, -0.15) is 0 Å². The molecular formula is C41H67N5O7. The highest BCUT2D eigenvalue weighted by Crippen LogP contribution is 2.55. The van der Waals surface area contributed by atoms with Crippen molar-refractivity contribution in [1.29, 1.82) is 0 Å². The minimum absolute atomic E-state index is 0.00389. The van der Waals surface area contributed by atoms with Gasteiger partial charge in [0.05, 0.1) is 61.2 Å². The van der Waals surface area contributed by atoms with Crippen LogP contribution in [0.25, 0.3) is 0 Å². The van der Waals surface area contributed by atoms with Crippen LogP contribution in [0.2, 0.25) is 0 Å². The van der Waals surface area contributed by atoms with Crippen LogP contribution in [-0.2, 0) is 35.1 Å². The summed E-state index contributed by atoms with van der Waals surface area (Å²) in [7, 11) is 6.96. The van der Waals surface area contributed by atoms with Crippen molar-refractivity contribution >= 4 is 23.6 Å². The molecule has 3 fully saturated rings. The number of primary amides is 1. The van der Waals surface area contributed by atoms with Gasteiger partial charge < -0.3 is 35.4 Å². The fraction of sp³-hybridized carbons (Fsp3) is 0.756. The first-order valence-corrected chi connectivity index (χ1v) is 19.8. The Labute approximate surface area is 317 Å². The van der Waals surface area contributed by atoms with Gasteiger partial charge in [-0.25, -0.2) is 0 Å². The summed E-state index contributed by atoms with van der Waals surface area (Å²) >= 11 is 0. The van der Waals surface area contributed by atoms with Crippen molar-refractivity contribution in [2.24, 2.45) is 35.3 Å². The Morgan fingerprint density at radius 2 is 1.75 bits per heavy atom. The number of hydrogen-bond acceptors (Lipinski definition) is 8. The van der Waals surface area contributed by atoms with Crippen LogP contribution >= 0.6 is 0 Å². The van der Waals surface area contributed by atoms with Gasteiger partial charge >= 0.3 is 0 Å². The predicted octanol–water partition coefficient (Wildman–Crippen LogP) is 3.24. The molecule has 1 aromatic rings. The maximum absolute atomic E-state index is 14.8. The second-order valence-electron chi connectivity index (χ2n) is 16.5. The van der Waals surface area contributed by atoms with E-state index in [0.717, 1.165) is 37.7 Å². The number of likely N-dealkylation sites (N-methyl/N-ethyl adjacent to an activating group) is 2. The molecule has 2 heterocycles. The molecule has 53 heavy (non-hydrogen) atoms. The molecule has 12 nitrogen and oxygen atoms in total. The Bertz CT molecular complexity index is 1400. The SMILES string of the molecule is CC[C@H](C)[C@@H]([C@@H](CC(=O)N1CCC[C@H]1[C@H](OC)[C@@H](C)C(=O)N[C@H](CO)Cc1ccccc1)OC)N(C)C(=O)[C@@H](C(C)C)C12CCC(C1)C(C(N)=O)N2C. The summed E-state index contributed by atoms with van der Waals surface area (Å²) in [5, 5.41) is 13.0. The molecule has 0 spiro atoms. The summed E-state index contributed by atoms with van der Waals surface area (Å²) in [4.78, 5) is 60.8. The van der Waals surface area contributed by atoms with Crippen LogP contribution in [0.5, 0.6) is 0 Å². The van der Waals surface area contributed by atoms with Crippen molar-refractivity contribution in [3.05, 3.63) is 35.9 Å². The summed E-state index contributed by atoms with van der Waals surface area (Å²) in [6.07, 6.45) is 4.17. The number of ether oxygens (including phenoxy) is 2. The third-order valence-corrected chi connectivity index (χ3v) is 13.1. The molecule has 3 unspecified atom stereocenters. The molecule has 0 radical (unpaired) electrons. The third kappa shape index (κ3) is 8.92. The van der Waals surface area contributed by atoms with Crippen molar-refractivity contribution in [2.75, 3.05) is 41.5 Å². The predicted molar refractivity (Wildman–Crippen MR) is 204 cm³/mol. The van der Waals surface area contributed by atoms with Crippen molar-refractivity contribution in [3.8, 4) is 0 Å². The number of nitrogens with zero attached hydrogens (tertiary/aromatic N) is 3. The Balaban J connectivity index is 1.50. The second kappa shape index (κ2) is 18.5. The number of piperidine rings is 1. The number of hydrogen-bond donors (Lipinski definition) is 3. The second-order valence-corrected chi connectivity index (χ2v) is 16.5.